The molecule has 0 aliphatic heterocycles. The maximum absolute atomic E-state index is 10.7. The van der Waals surface area contributed by atoms with Crippen LogP contribution in [0, 0.1) is 0 Å². The van der Waals surface area contributed by atoms with Crippen molar-refractivity contribution in [3.63, 3.8) is 0 Å². The molecule has 82 valence electrons. The third-order valence-electron chi connectivity index (χ3n) is 2.43. The van der Waals surface area contributed by atoms with Crippen LogP contribution in [0.1, 0.15) is 5.56 Å². The lowest BCUT2D eigenvalue weighted by molar-refractivity contribution is -0.136. The number of rotatable bonds is 3. The van der Waals surface area contributed by atoms with Crippen molar-refractivity contribution in [1.82, 2.24) is 4.98 Å². The molecule has 4 nitrogen and oxygen atoms in total. The molecule has 0 atom stereocenters. The number of carboxylic acid groups (broad SMARTS) is 1. The Morgan fingerprint density at radius 3 is 2.88 bits per heavy atom. The molecule has 1 N–H and O–H groups in total. The highest BCUT2D eigenvalue weighted by Crippen LogP contribution is 2.27. The van der Waals surface area contributed by atoms with Gasteiger partial charge in [-0.25, -0.2) is 0 Å². The van der Waals surface area contributed by atoms with Crippen molar-refractivity contribution in [3.05, 3.63) is 36.2 Å². The summed E-state index contributed by atoms with van der Waals surface area (Å²) in [7, 11) is 1.59. The van der Waals surface area contributed by atoms with Crippen LogP contribution >= 0.6 is 0 Å². The Bertz CT molecular complexity index is 537. The van der Waals surface area contributed by atoms with E-state index in [9.17, 15) is 4.79 Å². The van der Waals surface area contributed by atoms with Crippen LogP contribution in [-0.2, 0) is 11.2 Å². The van der Waals surface area contributed by atoms with Gasteiger partial charge in [0, 0.05) is 23.2 Å². The SMILES string of the molecule is COc1ccc(CC(=O)O)c2cnccc12. The van der Waals surface area contributed by atoms with Crippen LogP contribution < -0.4 is 4.74 Å². The molecule has 0 spiro atoms. The van der Waals surface area contributed by atoms with Gasteiger partial charge in [0.2, 0.25) is 0 Å². The van der Waals surface area contributed by atoms with Crippen molar-refractivity contribution in [1.29, 1.82) is 0 Å². The van der Waals surface area contributed by atoms with Gasteiger partial charge in [-0.2, -0.15) is 0 Å². The second-order valence-electron chi connectivity index (χ2n) is 3.42. The van der Waals surface area contributed by atoms with Crippen LogP contribution in [0.15, 0.2) is 30.6 Å². The van der Waals surface area contributed by atoms with Crippen molar-refractivity contribution < 1.29 is 14.6 Å². The molecule has 0 saturated heterocycles. The summed E-state index contributed by atoms with van der Waals surface area (Å²) in [5, 5.41) is 10.5. The maximum Gasteiger partial charge on any atom is 0.307 e. The van der Waals surface area contributed by atoms with Gasteiger partial charge in [-0.05, 0) is 17.7 Å². The van der Waals surface area contributed by atoms with Crippen LogP contribution in [0.25, 0.3) is 10.8 Å². The number of aromatic nitrogens is 1. The summed E-state index contributed by atoms with van der Waals surface area (Å²) in [5.74, 6) is -0.123. The summed E-state index contributed by atoms with van der Waals surface area (Å²) in [6, 6.07) is 5.36. The number of carbonyl (C=O) groups is 1. The van der Waals surface area contributed by atoms with Crippen LogP contribution in [-0.4, -0.2) is 23.2 Å². The summed E-state index contributed by atoms with van der Waals surface area (Å²) < 4.78 is 5.21. The zero-order valence-corrected chi connectivity index (χ0v) is 8.80. The Labute approximate surface area is 92.5 Å². The fourth-order valence-corrected chi connectivity index (χ4v) is 1.72. The summed E-state index contributed by atoms with van der Waals surface area (Å²) >= 11 is 0. The number of pyridine rings is 1. The molecule has 0 fully saturated rings. The van der Waals surface area contributed by atoms with Gasteiger partial charge < -0.3 is 9.84 Å². The largest absolute Gasteiger partial charge is 0.496 e. The van der Waals surface area contributed by atoms with E-state index in [1.165, 1.54) is 0 Å². The van der Waals surface area contributed by atoms with E-state index < -0.39 is 5.97 Å². The van der Waals surface area contributed by atoms with E-state index in [-0.39, 0.29) is 6.42 Å². The number of nitrogens with zero attached hydrogens (tertiary/aromatic N) is 1. The molecule has 0 bridgehead atoms. The van der Waals surface area contributed by atoms with Crippen molar-refractivity contribution in [2.45, 2.75) is 6.42 Å². The molecular formula is C12H11NO3. The topological polar surface area (TPSA) is 59.4 Å². The molecule has 0 aliphatic rings. The Morgan fingerprint density at radius 2 is 2.19 bits per heavy atom. The number of methoxy groups -OCH3 is 1. The number of benzene rings is 1. The lowest BCUT2D eigenvalue weighted by atomic mass is 10.0. The molecule has 1 heterocycles. The number of hydrogen-bond donors (Lipinski definition) is 1. The highest BCUT2D eigenvalue weighted by molar-refractivity contribution is 5.92. The lowest BCUT2D eigenvalue weighted by Gasteiger charge is -2.08. The van der Waals surface area contributed by atoms with Crippen molar-refractivity contribution in [2.75, 3.05) is 7.11 Å². The van der Waals surface area contributed by atoms with Gasteiger partial charge in [0.25, 0.3) is 0 Å². The zero-order chi connectivity index (χ0) is 11.5. The average Bonchev–Trinajstić information content (AvgIpc) is 2.29. The molecule has 4 heteroatoms. The summed E-state index contributed by atoms with van der Waals surface area (Å²) in [6.45, 7) is 0. The van der Waals surface area contributed by atoms with Crippen LogP contribution in [0.5, 0.6) is 5.75 Å². The molecule has 1 aromatic carbocycles. The van der Waals surface area contributed by atoms with Gasteiger partial charge in [-0.1, -0.05) is 6.07 Å². The highest BCUT2D eigenvalue weighted by atomic mass is 16.5. The standard InChI is InChI=1S/C12H11NO3/c1-16-11-3-2-8(6-12(14)15)10-7-13-5-4-9(10)11/h2-5,7H,6H2,1H3,(H,14,15). The van der Waals surface area contributed by atoms with Gasteiger partial charge in [-0.15, -0.1) is 0 Å². The first-order chi connectivity index (χ1) is 7.72. The first-order valence-corrected chi connectivity index (χ1v) is 4.83. The minimum absolute atomic E-state index is 0.00775. The van der Waals surface area contributed by atoms with Gasteiger partial charge in [-0.3, -0.25) is 9.78 Å². The third kappa shape index (κ3) is 1.82. The quantitative estimate of drug-likeness (QED) is 0.852. The number of hydrogen-bond acceptors (Lipinski definition) is 3. The summed E-state index contributed by atoms with van der Waals surface area (Å²) in [5.41, 5.74) is 0.747. The molecule has 16 heavy (non-hydrogen) atoms. The van der Waals surface area contributed by atoms with Gasteiger partial charge in [0.1, 0.15) is 5.75 Å². The second-order valence-corrected chi connectivity index (χ2v) is 3.42. The maximum atomic E-state index is 10.7. The number of aliphatic carboxylic acids is 1. The molecule has 0 radical (unpaired) electrons. The monoisotopic (exact) mass is 217 g/mol. The number of carboxylic acids is 1. The molecule has 0 saturated carbocycles. The minimum Gasteiger partial charge on any atom is -0.496 e. The fraction of sp³-hybridized carbons (Fsp3) is 0.167. The molecule has 0 amide bonds. The Hall–Kier alpha value is -2.10. The Balaban J connectivity index is 2.64. The van der Waals surface area contributed by atoms with Crippen LogP contribution in [0.3, 0.4) is 0 Å². The third-order valence-corrected chi connectivity index (χ3v) is 2.43. The molecular weight excluding hydrogens is 206 g/mol. The van der Waals surface area contributed by atoms with Gasteiger partial charge in [0.15, 0.2) is 0 Å². The highest BCUT2D eigenvalue weighted by Gasteiger charge is 2.08. The van der Waals surface area contributed by atoms with Crippen molar-refractivity contribution in [3.8, 4) is 5.75 Å². The Morgan fingerprint density at radius 1 is 1.38 bits per heavy atom. The smallest absolute Gasteiger partial charge is 0.307 e. The Kier molecular flexibility index (Phi) is 2.72. The molecule has 0 unspecified atom stereocenters. The predicted octanol–water partition coefficient (Wildman–Crippen LogP) is 1.87. The van der Waals surface area contributed by atoms with Crippen LogP contribution in [0.4, 0.5) is 0 Å². The number of fused-ring (bicyclic) bond motifs is 1. The normalized spacial score (nSPS) is 10.3. The van der Waals surface area contributed by atoms with E-state index in [4.69, 9.17) is 9.84 Å². The minimum atomic E-state index is -0.852. The first kappa shape index (κ1) is 10.4. The summed E-state index contributed by atoms with van der Waals surface area (Å²) in [6.07, 6.45) is 3.32. The van der Waals surface area contributed by atoms with E-state index in [1.807, 2.05) is 6.07 Å². The van der Waals surface area contributed by atoms with Crippen molar-refractivity contribution in [2.24, 2.45) is 0 Å². The zero-order valence-electron chi connectivity index (χ0n) is 8.80. The van der Waals surface area contributed by atoms with E-state index in [0.29, 0.717) is 0 Å². The van der Waals surface area contributed by atoms with Gasteiger partial charge >= 0.3 is 5.97 Å². The molecule has 2 aromatic rings. The van der Waals surface area contributed by atoms with E-state index in [0.717, 1.165) is 22.1 Å². The molecule has 2 rings (SSSR count). The van der Waals surface area contributed by atoms with E-state index in [1.54, 1.807) is 31.6 Å². The van der Waals surface area contributed by atoms with E-state index >= 15 is 0 Å². The van der Waals surface area contributed by atoms with Gasteiger partial charge in [0.05, 0.1) is 13.5 Å². The van der Waals surface area contributed by atoms with Crippen LogP contribution in [0.2, 0.25) is 0 Å². The van der Waals surface area contributed by atoms with Crippen molar-refractivity contribution >= 4 is 16.7 Å². The predicted molar refractivity (Wildman–Crippen MR) is 59.6 cm³/mol. The molecule has 1 aromatic heterocycles. The second kappa shape index (κ2) is 4.18. The van der Waals surface area contributed by atoms with E-state index in [2.05, 4.69) is 4.98 Å². The molecule has 0 aliphatic carbocycles. The summed E-state index contributed by atoms with van der Waals surface area (Å²) in [4.78, 5) is 14.7. The lowest BCUT2D eigenvalue weighted by Crippen LogP contribution is -2.01. The first-order valence-electron chi connectivity index (χ1n) is 4.83. The average molecular weight is 217 g/mol. The fourth-order valence-electron chi connectivity index (χ4n) is 1.72. The number of ether oxygens (including phenoxy) is 1.